The van der Waals surface area contributed by atoms with E-state index >= 15 is 0 Å². The van der Waals surface area contributed by atoms with Gasteiger partial charge >= 0.3 is 11.9 Å². The van der Waals surface area contributed by atoms with Gasteiger partial charge < -0.3 is 9.47 Å². The molecule has 0 bridgehead atoms. The fourth-order valence-electron chi connectivity index (χ4n) is 1.54. The van der Waals surface area contributed by atoms with Gasteiger partial charge in [0.1, 0.15) is 6.10 Å². The Kier molecular flexibility index (Phi) is 7.25. The minimum Gasteiger partial charge on any atom is -0.462 e. The van der Waals surface area contributed by atoms with Gasteiger partial charge in [-0.05, 0) is 25.7 Å². The van der Waals surface area contributed by atoms with E-state index in [0.717, 1.165) is 0 Å². The first kappa shape index (κ1) is 18.4. The third-order valence-corrected chi connectivity index (χ3v) is 2.48. The SMILES string of the molecule is C=C(C)C(=O)OCCC(CC(C)(C)C)OC(=O)C(=C)C. The molecule has 0 aromatic carbocycles. The van der Waals surface area contributed by atoms with Crippen LogP contribution in [-0.2, 0) is 19.1 Å². The number of hydrogen-bond acceptors (Lipinski definition) is 4. The summed E-state index contributed by atoms with van der Waals surface area (Å²) in [5.74, 6) is -0.837. The van der Waals surface area contributed by atoms with Gasteiger partial charge in [0.05, 0.1) is 6.61 Å². The maximum atomic E-state index is 11.6. The highest BCUT2D eigenvalue weighted by molar-refractivity contribution is 5.87. The van der Waals surface area contributed by atoms with Crippen LogP contribution in [0.25, 0.3) is 0 Å². The number of rotatable bonds is 7. The van der Waals surface area contributed by atoms with Crippen molar-refractivity contribution in [1.82, 2.24) is 0 Å². The largest absolute Gasteiger partial charge is 0.462 e. The third kappa shape index (κ3) is 8.51. The first-order valence-electron chi connectivity index (χ1n) is 6.72. The summed E-state index contributed by atoms with van der Waals surface area (Å²) < 4.78 is 10.4. The predicted molar refractivity (Wildman–Crippen MR) is 79.2 cm³/mol. The molecule has 0 aromatic heterocycles. The van der Waals surface area contributed by atoms with Crippen molar-refractivity contribution in [2.24, 2.45) is 5.41 Å². The van der Waals surface area contributed by atoms with Crippen molar-refractivity contribution in [1.29, 1.82) is 0 Å². The van der Waals surface area contributed by atoms with Crippen LogP contribution >= 0.6 is 0 Å². The van der Waals surface area contributed by atoms with Crippen molar-refractivity contribution in [2.75, 3.05) is 6.61 Å². The molecule has 1 atom stereocenters. The second-order valence-electron chi connectivity index (χ2n) is 6.28. The van der Waals surface area contributed by atoms with Gasteiger partial charge in [-0.1, -0.05) is 33.9 Å². The van der Waals surface area contributed by atoms with Crippen LogP contribution in [0.3, 0.4) is 0 Å². The number of ether oxygens (including phenoxy) is 2. The van der Waals surface area contributed by atoms with Crippen LogP contribution < -0.4 is 0 Å². The molecule has 0 heterocycles. The second-order valence-corrected chi connectivity index (χ2v) is 6.28. The Morgan fingerprint density at radius 2 is 1.55 bits per heavy atom. The lowest BCUT2D eigenvalue weighted by atomic mass is 9.88. The van der Waals surface area contributed by atoms with Gasteiger partial charge in [-0.25, -0.2) is 9.59 Å². The Morgan fingerprint density at radius 3 is 1.95 bits per heavy atom. The van der Waals surface area contributed by atoms with Crippen molar-refractivity contribution >= 4 is 11.9 Å². The minimum atomic E-state index is -0.425. The summed E-state index contributed by atoms with van der Waals surface area (Å²) in [6.07, 6.45) is 0.864. The van der Waals surface area contributed by atoms with Gasteiger partial charge in [-0.15, -0.1) is 0 Å². The summed E-state index contributed by atoms with van der Waals surface area (Å²) in [5, 5.41) is 0. The zero-order valence-corrected chi connectivity index (χ0v) is 13.2. The molecule has 0 amide bonds. The van der Waals surface area contributed by atoms with Crippen LogP contribution in [0, 0.1) is 5.41 Å². The number of carbonyl (C=O) groups is 2. The average Bonchev–Trinajstić information content (AvgIpc) is 2.25. The molecule has 1 unspecified atom stereocenters. The normalized spacial score (nSPS) is 12.4. The molecule has 0 aromatic rings. The lowest BCUT2D eigenvalue weighted by Gasteiger charge is -2.26. The smallest absolute Gasteiger partial charge is 0.333 e. The Hall–Kier alpha value is -1.58. The van der Waals surface area contributed by atoms with Crippen LogP contribution in [0.4, 0.5) is 0 Å². The van der Waals surface area contributed by atoms with E-state index in [1.165, 1.54) is 0 Å². The molecule has 0 fully saturated rings. The minimum absolute atomic E-state index is 0.0123. The molecule has 0 aliphatic heterocycles. The topological polar surface area (TPSA) is 52.6 Å². The Bertz CT molecular complexity index is 388. The lowest BCUT2D eigenvalue weighted by Crippen LogP contribution is -2.26. The molecular weight excluding hydrogens is 256 g/mol. The van der Waals surface area contributed by atoms with E-state index in [4.69, 9.17) is 9.47 Å². The summed E-state index contributed by atoms with van der Waals surface area (Å²) in [7, 11) is 0. The Labute approximate surface area is 121 Å². The summed E-state index contributed by atoms with van der Waals surface area (Å²) >= 11 is 0. The average molecular weight is 282 g/mol. The van der Waals surface area contributed by atoms with Gasteiger partial charge in [0.2, 0.25) is 0 Å². The monoisotopic (exact) mass is 282 g/mol. The molecule has 20 heavy (non-hydrogen) atoms. The molecule has 0 saturated heterocycles. The highest BCUT2D eigenvalue weighted by atomic mass is 16.6. The molecule has 0 saturated carbocycles. The number of esters is 2. The zero-order valence-electron chi connectivity index (χ0n) is 13.2. The predicted octanol–water partition coefficient (Wildman–Crippen LogP) is 3.42. The van der Waals surface area contributed by atoms with Crippen LogP contribution in [0.5, 0.6) is 0 Å². The van der Waals surface area contributed by atoms with Crippen molar-refractivity contribution in [3.05, 3.63) is 24.3 Å². The van der Waals surface area contributed by atoms with Crippen LogP contribution in [0.1, 0.15) is 47.5 Å². The maximum Gasteiger partial charge on any atom is 0.333 e. The highest BCUT2D eigenvalue weighted by Crippen LogP contribution is 2.24. The number of hydrogen-bond donors (Lipinski definition) is 0. The lowest BCUT2D eigenvalue weighted by molar-refractivity contribution is -0.147. The standard InChI is InChI=1S/C16H26O4/c1-11(2)14(17)19-9-8-13(10-16(5,6)7)20-15(18)12(3)4/h13H,1,3,8-10H2,2,4-7H3. The molecule has 0 rings (SSSR count). The van der Waals surface area contributed by atoms with Crippen molar-refractivity contribution in [3.8, 4) is 0 Å². The third-order valence-electron chi connectivity index (χ3n) is 2.48. The zero-order chi connectivity index (χ0) is 15.9. The molecule has 0 N–H and O–H groups in total. The van der Waals surface area contributed by atoms with Crippen molar-refractivity contribution in [3.63, 3.8) is 0 Å². The fraction of sp³-hybridized carbons (Fsp3) is 0.625. The van der Waals surface area contributed by atoms with Gasteiger partial charge in [-0.3, -0.25) is 0 Å². The Morgan fingerprint density at radius 1 is 1.05 bits per heavy atom. The molecule has 0 radical (unpaired) electrons. The summed E-state index contributed by atoms with van der Waals surface area (Å²) in [6, 6.07) is 0. The van der Waals surface area contributed by atoms with E-state index in [0.29, 0.717) is 24.0 Å². The quantitative estimate of drug-likeness (QED) is 0.530. The first-order chi connectivity index (χ1) is 9.03. The summed E-state index contributed by atoms with van der Waals surface area (Å²) in [5.41, 5.74) is 0.734. The van der Waals surface area contributed by atoms with E-state index in [-0.39, 0.29) is 18.1 Å². The summed E-state index contributed by atoms with van der Waals surface area (Å²) in [4.78, 5) is 22.9. The highest BCUT2D eigenvalue weighted by Gasteiger charge is 2.22. The fourth-order valence-corrected chi connectivity index (χ4v) is 1.54. The summed E-state index contributed by atoms with van der Waals surface area (Å²) in [6.45, 7) is 16.7. The van der Waals surface area contributed by atoms with Crippen LogP contribution in [0.15, 0.2) is 24.3 Å². The number of carbonyl (C=O) groups excluding carboxylic acids is 2. The molecule has 4 heteroatoms. The van der Waals surface area contributed by atoms with Gasteiger partial charge in [-0.2, -0.15) is 0 Å². The Balaban J connectivity index is 4.46. The molecule has 114 valence electrons. The van der Waals surface area contributed by atoms with Gasteiger partial charge in [0, 0.05) is 17.6 Å². The van der Waals surface area contributed by atoms with E-state index in [9.17, 15) is 9.59 Å². The van der Waals surface area contributed by atoms with Crippen molar-refractivity contribution in [2.45, 2.75) is 53.6 Å². The van der Waals surface area contributed by atoms with Crippen molar-refractivity contribution < 1.29 is 19.1 Å². The molecule has 4 nitrogen and oxygen atoms in total. The van der Waals surface area contributed by atoms with E-state index in [1.54, 1.807) is 13.8 Å². The second kappa shape index (κ2) is 7.88. The molecular formula is C16H26O4. The van der Waals surface area contributed by atoms with E-state index in [1.807, 2.05) is 0 Å². The maximum absolute atomic E-state index is 11.6. The molecule has 0 spiro atoms. The van der Waals surface area contributed by atoms with E-state index in [2.05, 4.69) is 33.9 Å². The first-order valence-corrected chi connectivity index (χ1v) is 6.72. The molecule has 0 aliphatic carbocycles. The van der Waals surface area contributed by atoms with Crippen LogP contribution in [-0.4, -0.2) is 24.6 Å². The van der Waals surface area contributed by atoms with Crippen LogP contribution in [0.2, 0.25) is 0 Å². The van der Waals surface area contributed by atoms with E-state index < -0.39 is 11.9 Å². The van der Waals surface area contributed by atoms with Gasteiger partial charge in [0.15, 0.2) is 0 Å². The molecule has 0 aliphatic rings. The van der Waals surface area contributed by atoms with Gasteiger partial charge in [0.25, 0.3) is 0 Å².